The molecule has 1 aliphatic heterocycles. The lowest BCUT2D eigenvalue weighted by molar-refractivity contribution is -0.122. The molecule has 10 heteroatoms. The van der Waals surface area contributed by atoms with Crippen LogP contribution in [0.1, 0.15) is 16.7 Å². The maximum atomic E-state index is 13.3. The minimum absolute atomic E-state index is 0.142. The number of nitrogens with one attached hydrogen (secondary N) is 1. The van der Waals surface area contributed by atoms with E-state index in [1.54, 1.807) is 61.5 Å². The predicted molar refractivity (Wildman–Crippen MR) is 142 cm³/mol. The molecular weight excluding hydrogens is 571 g/mol. The number of amides is 4. The van der Waals surface area contributed by atoms with Gasteiger partial charge >= 0.3 is 6.03 Å². The van der Waals surface area contributed by atoms with Crippen LogP contribution in [0.2, 0.25) is 10.0 Å². The fourth-order valence-electron chi connectivity index (χ4n) is 3.58. The number of halogens is 3. The second kappa shape index (κ2) is 10.7. The van der Waals surface area contributed by atoms with Crippen molar-refractivity contribution in [2.24, 2.45) is 0 Å². The Morgan fingerprint density at radius 3 is 2.47 bits per heavy atom. The van der Waals surface area contributed by atoms with Crippen LogP contribution in [0.25, 0.3) is 6.08 Å². The standard InChI is InChI=1S/C26H19BrCl2N2O5/c1-14-9-17(27)5-8-22(14)31-25(33)19(24(32)30-26(31)34)11-16-4-6-18(35-2)12-23(16)36-13-15-3-7-20(28)21(29)10-15/h3-12H,13H2,1-2H3,(H,30,32,34)/b19-11-. The first-order valence-corrected chi connectivity index (χ1v) is 12.1. The van der Waals surface area contributed by atoms with Crippen LogP contribution in [0.4, 0.5) is 10.5 Å². The largest absolute Gasteiger partial charge is 0.497 e. The number of hydrogen-bond acceptors (Lipinski definition) is 5. The van der Waals surface area contributed by atoms with Crippen molar-refractivity contribution in [3.8, 4) is 11.5 Å². The number of imide groups is 2. The van der Waals surface area contributed by atoms with Gasteiger partial charge < -0.3 is 9.47 Å². The molecule has 0 atom stereocenters. The Kier molecular flexibility index (Phi) is 7.68. The molecule has 0 saturated carbocycles. The van der Waals surface area contributed by atoms with Gasteiger partial charge in [-0.3, -0.25) is 14.9 Å². The van der Waals surface area contributed by atoms with E-state index in [2.05, 4.69) is 21.2 Å². The lowest BCUT2D eigenvalue weighted by Gasteiger charge is -2.27. The Labute approximate surface area is 225 Å². The van der Waals surface area contributed by atoms with E-state index in [-0.39, 0.29) is 12.2 Å². The van der Waals surface area contributed by atoms with Gasteiger partial charge in [0.25, 0.3) is 11.8 Å². The highest BCUT2D eigenvalue weighted by Crippen LogP contribution is 2.31. The Morgan fingerprint density at radius 2 is 1.78 bits per heavy atom. The fourth-order valence-corrected chi connectivity index (χ4v) is 4.37. The number of carbonyl (C=O) groups is 3. The molecule has 0 radical (unpaired) electrons. The zero-order valence-corrected chi connectivity index (χ0v) is 22.2. The number of ether oxygens (including phenoxy) is 2. The number of methoxy groups -OCH3 is 1. The predicted octanol–water partition coefficient (Wildman–Crippen LogP) is 6.32. The third-order valence-electron chi connectivity index (χ3n) is 5.40. The number of benzene rings is 3. The van der Waals surface area contributed by atoms with E-state index < -0.39 is 17.8 Å². The molecule has 0 unspecified atom stereocenters. The highest BCUT2D eigenvalue weighted by molar-refractivity contribution is 9.10. The number of hydrogen-bond donors (Lipinski definition) is 1. The first-order chi connectivity index (χ1) is 17.2. The van der Waals surface area contributed by atoms with Gasteiger partial charge in [-0.1, -0.05) is 45.2 Å². The summed E-state index contributed by atoms with van der Waals surface area (Å²) in [5.74, 6) is -0.678. The molecule has 3 aromatic carbocycles. The van der Waals surface area contributed by atoms with Crippen molar-refractivity contribution in [1.82, 2.24) is 5.32 Å². The van der Waals surface area contributed by atoms with Crippen molar-refractivity contribution in [2.45, 2.75) is 13.5 Å². The topological polar surface area (TPSA) is 84.9 Å². The molecule has 0 bridgehead atoms. The smallest absolute Gasteiger partial charge is 0.335 e. The van der Waals surface area contributed by atoms with E-state index in [1.807, 2.05) is 0 Å². The lowest BCUT2D eigenvalue weighted by atomic mass is 10.0. The summed E-state index contributed by atoms with van der Waals surface area (Å²) in [6.45, 7) is 1.90. The minimum atomic E-state index is -0.821. The number of urea groups is 1. The van der Waals surface area contributed by atoms with Crippen LogP contribution in [0.15, 0.2) is 64.6 Å². The van der Waals surface area contributed by atoms with Crippen LogP contribution < -0.4 is 19.7 Å². The SMILES string of the molecule is COc1ccc(/C=C2/C(=O)NC(=O)N(c3ccc(Br)cc3C)C2=O)c(OCc2ccc(Cl)c(Cl)c2)c1. The molecule has 0 aromatic heterocycles. The van der Waals surface area contributed by atoms with Crippen LogP contribution in [-0.2, 0) is 16.2 Å². The van der Waals surface area contributed by atoms with Gasteiger partial charge in [0, 0.05) is 16.1 Å². The highest BCUT2D eigenvalue weighted by Gasteiger charge is 2.37. The Hall–Kier alpha value is -3.33. The lowest BCUT2D eigenvalue weighted by Crippen LogP contribution is -2.54. The van der Waals surface area contributed by atoms with Crippen LogP contribution in [0.3, 0.4) is 0 Å². The van der Waals surface area contributed by atoms with E-state index >= 15 is 0 Å². The zero-order chi connectivity index (χ0) is 26.0. The molecule has 1 saturated heterocycles. The van der Waals surface area contributed by atoms with Gasteiger partial charge in [-0.05, 0) is 66.6 Å². The third-order valence-corrected chi connectivity index (χ3v) is 6.63. The van der Waals surface area contributed by atoms with Gasteiger partial charge in [0.1, 0.15) is 23.7 Å². The fraction of sp³-hybridized carbons (Fsp3) is 0.115. The van der Waals surface area contributed by atoms with Gasteiger partial charge in [0.05, 0.1) is 22.8 Å². The first-order valence-electron chi connectivity index (χ1n) is 10.6. The molecule has 4 amide bonds. The van der Waals surface area contributed by atoms with Gasteiger partial charge in [-0.2, -0.15) is 0 Å². The molecule has 1 heterocycles. The molecule has 7 nitrogen and oxygen atoms in total. The van der Waals surface area contributed by atoms with Gasteiger partial charge in [-0.25, -0.2) is 9.69 Å². The maximum Gasteiger partial charge on any atom is 0.335 e. The summed E-state index contributed by atoms with van der Waals surface area (Å²) in [6.07, 6.45) is 1.38. The van der Waals surface area contributed by atoms with Crippen molar-refractivity contribution in [3.63, 3.8) is 0 Å². The summed E-state index contributed by atoms with van der Waals surface area (Å²) >= 11 is 15.4. The summed E-state index contributed by atoms with van der Waals surface area (Å²) in [5, 5.41) is 3.05. The quantitative estimate of drug-likeness (QED) is 0.269. The molecule has 0 aliphatic carbocycles. The monoisotopic (exact) mass is 588 g/mol. The highest BCUT2D eigenvalue weighted by atomic mass is 79.9. The zero-order valence-electron chi connectivity index (χ0n) is 19.1. The van der Waals surface area contributed by atoms with Crippen molar-refractivity contribution >= 4 is 68.7 Å². The van der Waals surface area contributed by atoms with Crippen molar-refractivity contribution in [2.75, 3.05) is 12.0 Å². The summed E-state index contributed by atoms with van der Waals surface area (Å²) < 4.78 is 12.1. The van der Waals surface area contributed by atoms with E-state index in [1.165, 1.54) is 13.2 Å². The molecule has 184 valence electrons. The second-order valence-electron chi connectivity index (χ2n) is 7.83. The van der Waals surface area contributed by atoms with Crippen LogP contribution in [0.5, 0.6) is 11.5 Å². The number of aryl methyl sites for hydroxylation is 1. The van der Waals surface area contributed by atoms with Crippen LogP contribution in [0, 0.1) is 6.92 Å². The van der Waals surface area contributed by atoms with Gasteiger partial charge in [0.15, 0.2) is 0 Å². The molecule has 3 aromatic rings. The summed E-state index contributed by atoms with van der Waals surface area (Å²) in [7, 11) is 1.51. The summed E-state index contributed by atoms with van der Waals surface area (Å²) in [5.41, 5.74) is 2.03. The van der Waals surface area contributed by atoms with Crippen LogP contribution in [-0.4, -0.2) is 25.0 Å². The van der Waals surface area contributed by atoms with Gasteiger partial charge in [-0.15, -0.1) is 0 Å². The Balaban J connectivity index is 1.70. The van der Waals surface area contributed by atoms with E-state index in [0.29, 0.717) is 38.4 Å². The number of anilines is 1. The van der Waals surface area contributed by atoms with E-state index in [0.717, 1.165) is 14.9 Å². The molecule has 0 spiro atoms. The van der Waals surface area contributed by atoms with Gasteiger partial charge in [0.2, 0.25) is 0 Å². The molecule has 1 aliphatic rings. The summed E-state index contributed by atoms with van der Waals surface area (Å²) in [6, 6.07) is 14.4. The third kappa shape index (κ3) is 5.41. The molecule has 1 N–H and O–H groups in total. The van der Waals surface area contributed by atoms with E-state index in [9.17, 15) is 14.4 Å². The van der Waals surface area contributed by atoms with Crippen LogP contribution >= 0.6 is 39.1 Å². The maximum absolute atomic E-state index is 13.3. The summed E-state index contributed by atoms with van der Waals surface area (Å²) in [4.78, 5) is 39.5. The molecule has 36 heavy (non-hydrogen) atoms. The average molecular weight is 590 g/mol. The van der Waals surface area contributed by atoms with Crippen molar-refractivity contribution in [3.05, 3.63) is 91.4 Å². The second-order valence-corrected chi connectivity index (χ2v) is 9.56. The normalized spacial score (nSPS) is 14.8. The Bertz CT molecular complexity index is 1420. The average Bonchev–Trinajstić information content (AvgIpc) is 2.84. The molecule has 1 fully saturated rings. The minimum Gasteiger partial charge on any atom is -0.497 e. The van der Waals surface area contributed by atoms with Crippen molar-refractivity contribution < 1.29 is 23.9 Å². The number of carbonyl (C=O) groups excluding carboxylic acids is 3. The van der Waals surface area contributed by atoms with E-state index in [4.69, 9.17) is 32.7 Å². The van der Waals surface area contributed by atoms with Crippen molar-refractivity contribution in [1.29, 1.82) is 0 Å². The number of barbiturate groups is 1. The molecule has 4 rings (SSSR count). The number of rotatable bonds is 6. The first kappa shape index (κ1) is 25.8. The number of nitrogens with zero attached hydrogens (tertiary/aromatic N) is 1. The molecular formula is C26H19BrCl2N2O5. The Morgan fingerprint density at radius 1 is 1.00 bits per heavy atom.